The van der Waals surface area contributed by atoms with E-state index >= 15 is 0 Å². The van der Waals surface area contributed by atoms with Gasteiger partial charge in [-0.15, -0.1) is 0 Å². The number of rotatable bonds is 3. The van der Waals surface area contributed by atoms with Crippen molar-refractivity contribution in [3.05, 3.63) is 48.5 Å². The van der Waals surface area contributed by atoms with Crippen LogP contribution in [-0.2, 0) is 14.3 Å². The number of aromatic nitrogens is 2. The lowest BCUT2D eigenvalue weighted by Gasteiger charge is -2.27. The minimum Gasteiger partial charge on any atom is -0.451 e. The number of hydrogen-bond acceptors (Lipinski definition) is 6. The summed E-state index contributed by atoms with van der Waals surface area (Å²) in [6.45, 7) is 1.31. The molecule has 0 bridgehead atoms. The van der Waals surface area contributed by atoms with Gasteiger partial charge >= 0.3 is 5.97 Å². The zero-order valence-corrected chi connectivity index (χ0v) is 13.5. The van der Waals surface area contributed by atoms with Crippen LogP contribution in [0.4, 0.5) is 11.4 Å². The molecular formula is C17H16N4O4. The molecule has 0 radical (unpaired) electrons. The zero-order valence-electron chi connectivity index (χ0n) is 13.5. The maximum absolute atomic E-state index is 12.6. The quantitative estimate of drug-likeness (QED) is 0.848. The van der Waals surface area contributed by atoms with E-state index in [-0.39, 0.29) is 24.1 Å². The lowest BCUT2D eigenvalue weighted by atomic mass is 10.1. The van der Waals surface area contributed by atoms with E-state index in [2.05, 4.69) is 15.3 Å². The normalized spacial score (nSPS) is 16.4. The standard InChI is InChI=1S/C17H16N4O4/c1-11-8-15(22)20-12-4-2-3-5-14(12)21(11)16(23)10-25-17(24)13-9-18-6-7-19-13/h2-7,9,11H,8,10H2,1H3,(H,20,22). The second-order valence-corrected chi connectivity index (χ2v) is 5.55. The van der Waals surface area contributed by atoms with Crippen LogP contribution < -0.4 is 10.2 Å². The van der Waals surface area contributed by atoms with Crippen molar-refractivity contribution in [2.45, 2.75) is 19.4 Å². The van der Waals surface area contributed by atoms with Gasteiger partial charge < -0.3 is 15.0 Å². The maximum Gasteiger partial charge on any atom is 0.359 e. The number of carbonyl (C=O) groups excluding carboxylic acids is 3. The number of carbonyl (C=O) groups is 3. The zero-order chi connectivity index (χ0) is 17.8. The third-order valence-corrected chi connectivity index (χ3v) is 3.73. The molecule has 2 aromatic rings. The molecule has 0 saturated heterocycles. The van der Waals surface area contributed by atoms with Gasteiger partial charge in [0.2, 0.25) is 5.91 Å². The number of benzene rings is 1. The van der Waals surface area contributed by atoms with Crippen LogP contribution in [-0.4, -0.2) is 40.4 Å². The number of nitrogens with one attached hydrogen (secondary N) is 1. The first-order valence-corrected chi connectivity index (χ1v) is 7.70. The number of hydrogen-bond donors (Lipinski definition) is 1. The molecule has 0 fully saturated rings. The van der Waals surface area contributed by atoms with Crippen molar-refractivity contribution >= 4 is 29.2 Å². The van der Waals surface area contributed by atoms with Gasteiger partial charge in [0.05, 0.1) is 17.6 Å². The summed E-state index contributed by atoms with van der Waals surface area (Å²) in [7, 11) is 0. The van der Waals surface area contributed by atoms with Gasteiger partial charge in [-0.3, -0.25) is 14.6 Å². The highest BCUT2D eigenvalue weighted by Crippen LogP contribution is 2.31. The monoisotopic (exact) mass is 340 g/mol. The van der Waals surface area contributed by atoms with Crippen LogP contribution in [0.3, 0.4) is 0 Å². The Morgan fingerprint density at radius 3 is 2.88 bits per heavy atom. The first-order chi connectivity index (χ1) is 12.1. The summed E-state index contributed by atoms with van der Waals surface area (Å²) < 4.78 is 5.04. The average molecular weight is 340 g/mol. The molecule has 0 spiro atoms. The van der Waals surface area contributed by atoms with E-state index < -0.39 is 18.5 Å². The molecule has 25 heavy (non-hydrogen) atoms. The fourth-order valence-electron chi connectivity index (χ4n) is 2.64. The van der Waals surface area contributed by atoms with Gasteiger partial charge in [0.25, 0.3) is 5.91 Å². The SMILES string of the molecule is CC1CC(=O)Nc2ccccc2N1C(=O)COC(=O)c1cnccn1. The summed E-state index contributed by atoms with van der Waals surface area (Å²) in [6, 6.07) is 6.63. The molecule has 128 valence electrons. The van der Waals surface area contributed by atoms with Crippen LogP contribution in [0.1, 0.15) is 23.8 Å². The topological polar surface area (TPSA) is 101 Å². The molecule has 1 N–H and O–H groups in total. The lowest BCUT2D eigenvalue weighted by molar-refractivity contribution is -0.122. The average Bonchev–Trinajstić information content (AvgIpc) is 2.74. The predicted octanol–water partition coefficient (Wildman–Crippen LogP) is 1.40. The van der Waals surface area contributed by atoms with Gasteiger partial charge in [0.1, 0.15) is 0 Å². The maximum atomic E-state index is 12.6. The largest absolute Gasteiger partial charge is 0.451 e. The first-order valence-electron chi connectivity index (χ1n) is 7.70. The van der Waals surface area contributed by atoms with Crippen molar-refractivity contribution in [3.63, 3.8) is 0 Å². The molecule has 0 saturated carbocycles. The van der Waals surface area contributed by atoms with Crippen molar-refractivity contribution in [1.29, 1.82) is 0 Å². The fraction of sp³-hybridized carbons (Fsp3) is 0.235. The molecule has 1 aliphatic rings. The molecule has 1 unspecified atom stereocenters. The Morgan fingerprint density at radius 1 is 1.32 bits per heavy atom. The third-order valence-electron chi connectivity index (χ3n) is 3.73. The molecule has 8 nitrogen and oxygen atoms in total. The minimum atomic E-state index is -0.730. The van der Waals surface area contributed by atoms with Crippen LogP contribution in [0, 0.1) is 0 Å². The van der Waals surface area contributed by atoms with Gasteiger partial charge in [0, 0.05) is 24.9 Å². The second kappa shape index (κ2) is 7.08. The smallest absolute Gasteiger partial charge is 0.359 e. The van der Waals surface area contributed by atoms with Crippen molar-refractivity contribution in [1.82, 2.24) is 9.97 Å². The molecule has 1 atom stereocenters. The van der Waals surface area contributed by atoms with Crippen LogP contribution in [0.15, 0.2) is 42.9 Å². The van der Waals surface area contributed by atoms with Crippen LogP contribution >= 0.6 is 0 Å². The molecule has 2 amide bonds. The highest BCUT2D eigenvalue weighted by molar-refractivity contribution is 6.05. The molecule has 3 rings (SSSR count). The molecule has 8 heteroatoms. The molecule has 2 heterocycles. The van der Waals surface area contributed by atoms with Gasteiger partial charge in [-0.25, -0.2) is 9.78 Å². The number of fused-ring (bicyclic) bond motifs is 1. The number of esters is 1. The Balaban J connectivity index is 1.76. The third kappa shape index (κ3) is 3.63. The van der Waals surface area contributed by atoms with E-state index in [0.29, 0.717) is 11.4 Å². The van der Waals surface area contributed by atoms with E-state index in [1.165, 1.54) is 23.5 Å². The molecule has 0 aliphatic carbocycles. The highest BCUT2D eigenvalue weighted by Gasteiger charge is 2.30. The Kier molecular flexibility index (Phi) is 4.69. The van der Waals surface area contributed by atoms with E-state index in [4.69, 9.17) is 4.74 Å². The van der Waals surface area contributed by atoms with E-state index in [9.17, 15) is 14.4 Å². The van der Waals surface area contributed by atoms with Crippen LogP contribution in [0.2, 0.25) is 0 Å². The first kappa shape index (κ1) is 16.6. The summed E-state index contributed by atoms with van der Waals surface area (Å²) in [6.07, 6.45) is 4.21. The minimum absolute atomic E-state index is 0.0245. The lowest BCUT2D eigenvalue weighted by Crippen LogP contribution is -2.41. The number of amides is 2. The van der Waals surface area contributed by atoms with Crippen LogP contribution in [0.5, 0.6) is 0 Å². The Hall–Kier alpha value is -3.29. The second-order valence-electron chi connectivity index (χ2n) is 5.55. The van der Waals surface area contributed by atoms with Crippen LogP contribution in [0.25, 0.3) is 0 Å². The predicted molar refractivity (Wildman–Crippen MR) is 89.0 cm³/mol. The van der Waals surface area contributed by atoms with Gasteiger partial charge in [-0.2, -0.15) is 0 Å². The Labute approximate surface area is 143 Å². The number of anilines is 2. The summed E-state index contributed by atoms with van der Waals surface area (Å²) in [5.41, 5.74) is 1.14. The van der Waals surface area contributed by atoms with Crippen molar-refractivity contribution in [3.8, 4) is 0 Å². The summed E-state index contributed by atoms with van der Waals surface area (Å²) >= 11 is 0. The molecule has 1 aromatic heterocycles. The summed E-state index contributed by atoms with van der Waals surface area (Å²) in [5.74, 6) is -1.33. The van der Waals surface area contributed by atoms with E-state index in [0.717, 1.165) is 0 Å². The molecular weight excluding hydrogens is 324 g/mol. The van der Waals surface area contributed by atoms with Crippen molar-refractivity contribution in [2.24, 2.45) is 0 Å². The van der Waals surface area contributed by atoms with Gasteiger partial charge in [-0.1, -0.05) is 12.1 Å². The van der Waals surface area contributed by atoms with Gasteiger partial charge in [-0.05, 0) is 19.1 Å². The summed E-state index contributed by atoms with van der Waals surface area (Å²) in [5, 5.41) is 2.77. The summed E-state index contributed by atoms with van der Waals surface area (Å²) in [4.78, 5) is 45.6. The fourth-order valence-corrected chi connectivity index (χ4v) is 2.64. The molecule has 1 aromatic carbocycles. The van der Waals surface area contributed by atoms with E-state index in [1.54, 1.807) is 31.2 Å². The van der Waals surface area contributed by atoms with Crippen molar-refractivity contribution in [2.75, 3.05) is 16.8 Å². The number of para-hydroxylation sites is 2. The number of nitrogens with zero attached hydrogens (tertiary/aromatic N) is 3. The number of ether oxygens (including phenoxy) is 1. The van der Waals surface area contributed by atoms with Crippen molar-refractivity contribution < 1.29 is 19.1 Å². The van der Waals surface area contributed by atoms with E-state index in [1.807, 2.05) is 0 Å². The van der Waals surface area contributed by atoms with Gasteiger partial charge in [0.15, 0.2) is 12.3 Å². The Bertz CT molecular complexity index is 809. The Morgan fingerprint density at radius 2 is 2.12 bits per heavy atom. The molecule has 1 aliphatic heterocycles. The highest BCUT2D eigenvalue weighted by atomic mass is 16.5.